The van der Waals surface area contributed by atoms with Gasteiger partial charge in [-0.05, 0) is 37.8 Å². The van der Waals surface area contributed by atoms with Crippen LogP contribution in [0, 0.1) is 5.92 Å². The lowest BCUT2D eigenvalue weighted by molar-refractivity contribution is -0.145. The van der Waals surface area contributed by atoms with Crippen molar-refractivity contribution in [3.8, 4) is 0 Å². The number of benzene rings is 1. The minimum absolute atomic E-state index is 0.172. The fraction of sp³-hybridized carbons (Fsp3) is 0.588. The van der Waals surface area contributed by atoms with E-state index in [1.807, 2.05) is 37.3 Å². The first-order valence-electron chi connectivity index (χ1n) is 7.76. The van der Waals surface area contributed by atoms with Crippen LogP contribution >= 0.6 is 0 Å². The van der Waals surface area contributed by atoms with E-state index in [1.54, 1.807) is 0 Å². The van der Waals surface area contributed by atoms with Crippen molar-refractivity contribution >= 4 is 5.97 Å². The van der Waals surface area contributed by atoms with Gasteiger partial charge in [-0.15, -0.1) is 0 Å². The molecule has 0 saturated heterocycles. The Morgan fingerprint density at radius 1 is 1.25 bits per heavy atom. The molecule has 0 aliphatic heterocycles. The quantitative estimate of drug-likeness (QED) is 0.808. The van der Waals surface area contributed by atoms with Gasteiger partial charge >= 0.3 is 5.97 Å². The molecule has 1 unspecified atom stereocenters. The Kier molecular flexibility index (Phi) is 6.06. The zero-order valence-electron chi connectivity index (χ0n) is 12.3. The summed E-state index contributed by atoms with van der Waals surface area (Å²) in [6.07, 6.45) is 6.55. The molecule has 1 aromatic rings. The largest absolute Gasteiger partial charge is 0.465 e. The molecule has 2 rings (SSSR count). The van der Waals surface area contributed by atoms with Crippen molar-refractivity contribution in [3.63, 3.8) is 0 Å². The van der Waals surface area contributed by atoms with Crippen molar-refractivity contribution in [3.05, 3.63) is 35.9 Å². The fourth-order valence-corrected chi connectivity index (χ4v) is 2.88. The highest BCUT2D eigenvalue weighted by molar-refractivity contribution is 5.77. The molecular formula is C17H25NO2. The minimum atomic E-state index is -0.335. The van der Waals surface area contributed by atoms with E-state index in [1.165, 1.54) is 32.1 Å². The number of ether oxygens (including phenoxy) is 1. The monoisotopic (exact) mass is 275 g/mol. The zero-order chi connectivity index (χ0) is 14.2. The normalized spacial score (nSPS) is 17.6. The van der Waals surface area contributed by atoms with Crippen LogP contribution in [-0.4, -0.2) is 19.1 Å². The third kappa shape index (κ3) is 4.34. The number of hydrogen-bond acceptors (Lipinski definition) is 3. The Balaban J connectivity index is 1.97. The van der Waals surface area contributed by atoms with Crippen LogP contribution in [0.5, 0.6) is 0 Å². The summed E-state index contributed by atoms with van der Waals surface area (Å²) in [6, 6.07) is 9.52. The van der Waals surface area contributed by atoms with E-state index in [2.05, 4.69) is 5.32 Å². The SMILES string of the molecule is CCOC(=O)C(NCC1CCCCC1)c1ccccc1. The average molecular weight is 275 g/mol. The second-order valence-electron chi connectivity index (χ2n) is 5.51. The molecule has 1 saturated carbocycles. The molecule has 0 aromatic heterocycles. The first-order chi connectivity index (χ1) is 9.81. The Bertz CT molecular complexity index is 399. The van der Waals surface area contributed by atoms with Crippen molar-refractivity contribution in [2.24, 2.45) is 5.92 Å². The number of carbonyl (C=O) groups is 1. The van der Waals surface area contributed by atoms with Gasteiger partial charge in [0.1, 0.15) is 6.04 Å². The number of carbonyl (C=O) groups excluding carboxylic acids is 1. The predicted molar refractivity (Wildman–Crippen MR) is 80.4 cm³/mol. The van der Waals surface area contributed by atoms with E-state index in [-0.39, 0.29) is 12.0 Å². The highest BCUT2D eigenvalue weighted by atomic mass is 16.5. The van der Waals surface area contributed by atoms with Crippen molar-refractivity contribution in [1.29, 1.82) is 0 Å². The van der Waals surface area contributed by atoms with Crippen LogP contribution in [0.25, 0.3) is 0 Å². The molecule has 110 valence electrons. The Hall–Kier alpha value is -1.35. The molecule has 3 nitrogen and oxygen atoms in total. The van der Waals surface area contributed by atoms with Gasteiger partial charge in [-0.1, -0.05) is 49.6 Å². The van der Waals surface area contributed by atoms with E-state index in [0.29, 0.717) is 12.5 Å². The van der Waals surface area contributed by atoms with Crippen LogP contribution < -0.4 is 5.32 Å². The Labute approximate surface area is 121 Å². The van der Waals surface area contributed by atoms with Crippen molar-refractivity contribution in [1.82, 2.24) is 5.32 Å². The van der Waals surface area contributed by atoms with Gasteiger partial charge in [-0.25, -0.2) is 4.79 Å². The number of hydrogen-bond donors (Lipinski definition) is 1. The van der Waals surface area contributed by atoms with Crippen molar-refractivity contribution in [2.45, 2.75) is 45.1 Å². The van der Waals surface area contributed by atoms with E-state index in [9.17, 15) is 4.79 Å². The van der Waals surface area contributed by atoms with Gasteiger partial charge in [0.25, 0.3) is 0 Å². The second kappa shape index (κ2) is 8.05. The van der Waals surface area contributed by atoms with Crippen LogP contribution in [0.4, 0.5) is 0 Å². The van der Waals surface area contributed by atoms with Crippen LogP contribution in [0.1, 0.15) is 50.6 Å². The zero-order valence-corrected chi connectivity index (χ0v) is 12.3. The van der Waals surface area contributed by atoms with Crippen LogP contribution in [0.3, 0.4) is 0 Å². The molecule has 1 N–H and O–H groups in total. The molecule has 0 heterocycles. The molecule has 1 aliphatic rings. The molecule has 3 heteroatoms. The van der Waals surface area contributed by atoms with Crippen LogP contribution in [0.2, 0.25) is 0 Å². The smallest absolute Gasteiger partial charge is 0.327 e. The summed E-state index contributed by atoms with van der Waals surface area (Å²) in [6.45, 7) is 3.17. The number of nitrogens with one attached hydrogen (secondary N) is 1. The van der Waals surface area contributed by atoms with Gasteiger partial charge in [0.05, 0.1) is 6.61 Å². The lowest BCUT2D eigenvalue weighted by Gasteiger charge is -2.25. The van der Waals surface area contributed by atoms with Crippen molar-refractivity contribution < 1.29 is 9.53 Å². The van der Waals surface area contributed by atoms with Gasteiger partial charge < -0.3 is 10.1 Å². The number of rotatable bonds is 6. The van der Waals surface area contributed by atoms with Crippen molar-refractivity contribution in [2.75, 3.05) is 13.2 Å². The summed E-state index contributed by atoms with van der Waals surface area (Å²) in [5, 5.41) is 3.42. The summed E-state index contributed by atoms with van der Waals surface area (Å²) in [7, 11) is 0. The maximum Gasteiger partial charge on any atom is 0.327 e. The van der Waals surface area contributed by atoms with Gasteiger partial charge in [-0.3, -0.25) is 0 Å². The Morgan fingerprint density at radius 3 is 2.60 bits per heavy atom. The summed E-state index contributed by atoms with van der Waals surface area (Å²) in [4.78, 5) is 12.1. The summed E-state index contributed by atoms with van der Waals surface area (Å²) in [5.41, 5.74) is 0.988. The molecule has 1 fully saturated rings. The minimum Gasteiger partial charge on any atom is -0.465 e. The standard InChI is InChI=1S/C17H25NO2/c1-2-20-17(19)16(15-11-7-4-8-12-15)18-13-14-9-5-3-6-10-14/h4,7-8,11-12,14,16,18H,2-3,5-6,9-10,13H2,1H3. The first kappa shape index (κ1) is 15.0. The molecule has 20 heavy (non-hydrogen) atoms. The van der Waals surface area contributed by atoms with Gasteiger partial charge in [0.2, 0.25) is 0 Å². The highest BCUT2D eigenvalue weighted by Crippen LogP contribution is 2.24. The van der Waals surface area contributed by atoms with Gasteiger partial charge in [0, 0.05) is 0 Å². The topological polar surface area (TPSA) is 38.3 Å². The molecular weight excluding hydrogens is 250 g/mol. The lowest BCUT2D eigenvalue weighted by Crippen LogP contribution is -2.34. The number of esters is 1. The molecule has 0 bridgehead atoms. The molecule has 0 radical (unpaired) electrons. The maximum absolute atomic E-state index is 12.1. The highest BCUT2D eigenvalue weighted by Gasteiger charge is 2.23. The third-order valence-electron chi connectivity index (χ3n) is 3.99. The molecule has 1 aromatic carbocycles. The maximum atomic E-state index is 12.1. The summed E-state index contributed by atoms with van der Waals surface area (Å²) >= 11 is 0. The molecule has 1 aliphatic carbocycles. The van der Waals surface area contributed by atoms with Gasteiger partial charge in [0.15, 0.2) is 0 Å². The third-order valence-corrected chi connectivity index (χ3v) is 3.99. The lowest BCUT2D eigenvalue weighted by atomic mass is 9.89. The molecule has 0 spiro atoms. The van der Waals surface area contributed by atoms with Gasteiger partial charge in [-0.2, -0.15) is 0 Å². The summed E-state index contributed by atoms with van der Waals surface area (Å²) < 4.78 is 5.20. The molecule has 1 atom stereocenters. The van der Waals surface area contributed by atoms with E-state index in [4.69, 9.17) is 4.74 Å². The van der Waals surface area contributed by atoms with Crippen LogP contribution in [-0.2, 0) is 9.53 Å². The fourth-order valence-electron chi connectivity index (χ4n) is 2.88. The van der Waals surface area contributed by atoms with E-state index in [0.717, 1.165) is 12.1 Å². The average Bonchev–Trinajstić information content (AvgIpc) is 2.50. The van der Waals surface area contributed by atoms with E-state index < -0.39 is 0 Å². The predicted octanol–water partition coefficient (Wildman–Crippen LogP) is 3.46. The van der Waals surface area contributed by atoms with Crippen LogP contribution in [0.15, 0.2) is 30.3 Å². The first-order valence-corrected chi connectivity index (χ1v) is 7.76. The Morgan fingerprint density at radius 2 is 1.95 bits per heavy atom. The molecule has 0 amide bonds. The second-order valence-corrected chi connectivity index (χ2v) is 5.51. The summed E-state index contributed by atoms with van der Waals surface area (Å²) in [5.74, 6) is 0.527. The van der Waals surface area contributed by atoms with E-state index >= 15 is 0 Å².